The second kappa shape index (κ2) is 9.46. The number of rotatable bonds is 4. The first kappa shape index (κ1) is 16.4. The summed E-state index contributed by atoms with van der Waals surface area (Å²) < 4.78 is 0. The fourth-order valence-corrected chi connectivity index (χ4v) is 2.01. The summed E-state index contributed by atoms with van der Waals surface area (Å²) in [5, 5.41) is 3.47. The quantitative estimate of drug-likeness (QED) is 0.822. The molecule has 0 aromatic heterocycles. The Morgan fingerprint density at radius 3 is 2.24 bits per heavy atom. The van der Waals surface area contributed by atoms with Gasteiger partial charge in [-0.3, -0.25) is 4.79 Å². The van der Waals surface area contributed by atoms with E-state index in [1.165, 1.54) is 0 Å². The summed E-state index contributed by atoms with van der Waals surface area (Å²) in [6, 6.07) is 0.570. The Bertz CT molecular complexity index is 196. The Balaban J connectivity index is 0.00000121. The standard InChI is InChI=1S/C12H24N2O.C2H6/c1-4-12(15)14-7-5-11(6-8-14)9-13-10(2)3;1-2/h10-11,13H,4-9H2,1-3H3;1-2H3. The lowest BCUT2D eigenvalue weighted by atomic mass is 9.96. The number of likely N-dealkylation sites (tertiary alicyclic amines) is 1. The van der Waals surface area contributed by atoms with Crippen molar-refractivity contribution in [2.75, 3.05) is 19.6 Å². The fraction of sp³-hybridized carbons (Fsp3) is 0.929. The highest BCUT2D eigenvalue weighted by Crippen LogP contribution is 2.17. The van der Waals surface area contributed by atoms with Crippen molar-refractivity contribution in [3.05, 3.63) is 0 Å². The van der Waals surface area contributed by atoms with Crippen molar-refractivity contribution in [1.82, 2.24) is 10.2 Å². The summed E-state index contributed by atoms with van der Waals surface area (Å²) in [4.78, 5) is 13.5. The predicted molar refractivity (Wildman–Crippen MR) is 74.1 cm³/mol. The molecule has 0 spiro atoms. The Labute approximate surface area is 107 Å². The Morgan fingerprint density at radius 1 is 1.29 bits per heavy atom. The lowest BCUT2D eigenvalue weighted by molar-refractivity contribution is -0.132. The van der Waals surface area contributed by atoms with Crippen molar-refractivity contribution in [3.63, 3.8) is 0 Å². The SMILES string of the molecule is CC.CCC(=O)N1CCC(CNC(C)C)CC1. The second-order valence-electron chi connectivity index (χ2n) is 4.74. The molecular weight excluding hydrogens is 212 g/mol. The lowest BCUT2D eigenvalue weighted by Gasteiger charge is -2.32. The van der Waals surface area contributed by atoms with E-state index in [0.717, 1.165) is 38.4 Å². The molecule has 0 radical (unpaired) electrons. The Kier molecular flexibility index (Phi) is 9.14. The fourth-order valence-electron chi connectivity index (χ4n) is 2.01. The van der Waals surface area contributed by atoms with Gasteiger partial charge in [-0.15, -0.1) is 0 Å². The van der Waals surface area contributed by atoms with Gasteiger partial charge in [0.15, 0.2) is 0 Å². The number of carbonyl (C=O) groups excluding carboxylic acids is 1. The molecular formula is C14H30N2O. The van der Waals surface area contributed by atoms with Crippen molar-refractivity contribution in [3.8, 4) is 0 Å². The molecule has 1 N–H and O–H groups in total. The molecule has 1 aliphatic heterocycles. The van der Waals surface area contributed by atoms with Gasteiger partial charge in [0.1, 0.15) is 0 Å². The van der Waals surface area contributed by atoms with E-state index in [0.29, 0.717) is 18.4 Å². The van der Waals surface area contributed by atoms with Gasteiger partial charge in [0.05, 0.1) is 0 Å². The van der Waals surface area contributed by atoms with E-state index in [4.69, 9.17) is 0 Å². The molecule has 0 aliphatic carbocycles. The number of hydrogen-bond donors (Lipinski definition) is 1. The highest BCUT2D eigenvalue weighted by atomic mass is 16.2. The highest BCUT2D eigenvalue weighted by Gasteiger charge is 2.21. The number of amides is 1. The zero-order valence-electron chi connectivity index (χ0n) is 12.3. The van der Waals surface area contributed by atoms with Crippen LogP contribution in [0.25, 0.3) is 0 Å². The summed E-state index contributed by atoms with van der Waals surface area (Å²) >= 11 is 0. The number of nitrogens with zero attached hydrogens (tertiary/aromatic N) is 1. The molecule has 1 fully saturated rings. The maximum atomic E-state index is 11.4. The van der Waals surface area contributed by atoms with Crippen LogP contribution in [-0.2, 0) is 4.79 Å². The smallest absolute Gasteiger partial charge is 0.222 e. The molecule has 1 rings (SSSR count). The third kappa shape index (κ3) is 6.67. The van der Waals surface area contributed by atoms with Crippen LogP contribution in [0.2, 0.25) is 0 Å². The Hall–Kier alpha value is -0.570. The van der Waals surface area contributed by atoms with Crippen LogP contribution in [0.15, 0.2) is 0 Å². The summed E-state index contributed by atoms with van der Waals surface area (Å²) in [7, 11) is 0. The van der Waals surface area contributed by atoms with Crippen molar-refractivity contribution in [2.24, 2.45) is 5.92 Å². The molecule has 102 valence electrons. The van der Waals surface area contributed by atoms with Gasteiger partial charge >= 0.3 is 0 Å². The van der Waals surface area contributed by atoms with E-state index in [2.05, 4.69) is 19.2 Å². The average Bonchev–Trinajstić information content (AvgIpc) is 2.38. The number of hydrogen-bond acceptors (Lipinski definition) is 2. The molecule has 1 heterocycles. The molecule has 3 nitrogen and oxygen atoms in total. The van der Waals surface area contributed by atoms with Crippen molar-refractivity contribution in [2.45, 2.75) is 59.9 Å². The average molecular weight is 242 g/mol. The van der Waals surface area contributed by atoms with E-state index in [1.807, 2.05) is 25.7 Å². The van der Waals surface area contributed by atoms with Crippen molar-refractivity contribution in [1.29, 1.82) is 0 Å². The molecule has 17 heavy (non-hydrogen) atoms. The molecule has 0 bridgehead atoms. The molecule has 0 aromatic rings. The van der Waals surface area contributed by atoms with Gasteiger partial charge in [0, 0.05) is 25.6 Å². The maximum absolute atomic E-state index is 11.4. The van der Waals surface area contributed by atoms with Gasteiger partial charge in [0.25, 0.3) is 0 Å². The Morgan fingerprint density at radius 2 is 1.82 bits per heavy atom. The van der Waals surface area contributed by atoms with E-state index in [1.54, 1.807) is 0 Å². The van der Waals surface area contributed by atoms with Crippen LogP contribution in [0.4, 0.5) is 0 Å². The van der Waals surface area contributed by atoms with Crippen molar-refractivity contribution >= 4 is 5.91 Å². The van der Waals surface area contributed by atoms with Crippen LogP contribution in [0, 0.1) is 5.92 Å². The van der Waals surface area contributed by atoms with Crippen LogP contribution >= 0.6 is 0 Å². The maximum Gasteiger partial charge on any atom is 0.222 e. The van der Waals surface area contributed by atoms with E-state index < -0.39 is 0 Å². The molecule has 1 aliphatic rings. The van der Waals surface area contributed by atoms with Gasteiger partial charge < -0.3 is 10.2 Å². The van der Waals surface area contributed by atoms with Gasteiger partial charge in [-0.25, -0.2) is 0 Å². The van der Waals surface area contributed by atoms with E-state index in [-0.39, 0.29) is 0 Å². The van der Waals surface area contributed by atoms with Crippen LogP contribution in [0.5, 0.6) is 0 Å². The lowest BCUT2D eigenvalue weighted by Crippen LogP contribution is -2.41. The zero-order valence-corrected chi connectivity index (χ0v) is 12.3. The second-order valence-corrected chi connectivity index (χ2v) is 4.74. The first-order valence-corrected chi connectivity index (χ1v) is 7.14. The van der Waals surface area contributed by atoms with Gasteiger partial charge in [-0.05, 0) is 25.3 Å². The first-order valence-electron chi connectivity index (χ1n) is 7.14. The molecule has 0 saturated carbocycles. The summed E-state index contributed by atoms with van der Waals surface area (Å²) in [5.74, 6) is 1.07. The molecule has 0 unspecified atom stereocenters. The third-order valence-corrected chi connectivity index (χ3v) is 3.08. The first-order chi connectivity index (χ1) is 8.13. The van der Waals surface area contributed by atoms with E-state index in [9.17, 15) is 4.79 Å². The van der Waals surface area contributed by atoms with Crippen LogP contribution in [-0.4, -0.2) is 36.5 Å². The third-order valence-electron chi connectivity index (χ3n) is 3.08. The highest BCUT2D eigenvalue weighted by molar-refractivity contribution is 5.75. The van der Waals surface area contributed by atoms with E-state index >= 15 is 0 Å². The largest absolute Gasteiger partial charge is 0.343 e. The monoisotopic (exact) mass is 242 g/mol. The number of piperidine rings is 1. The summed E-state index contributed by atoms with van der Waals surface area (Å²) in [5.41, 5.74) is 0. The minimum Gasteiger partial charge on any atom is -0.343 e. The topological polar surface area (TPSA) is 32.3 Å². The summed E-state index contributed by atoms with van der Waals surface area (Å²) in [6.07, 6.45) is 2.96. The van der Waals surface area contributed by atoms with Crippen LogP contribution < -0.4 is 5.32 Å². The number of carbonyl (C=O) groups is 1. The molecule has 1 saturated heterocycles. The molecule has 0 atom stereocenters. The molecule has 0 aromatic carbocycles. The van der Waals surface area contributed by atoms with Gasteiger partial charge in [0.2, 0.25) is 5.91 Å². The van der Waals surface area contributed by atoms with Gasteiger partial charge in [-0.1, -0.05) is 34.6 Å². The van der Waals surface area contributed by atoms with Crippen molar-refractivity contribution < 1.29 is 4.79 Å². The van der Waals surface area contributed by atoms with Crippen LogP contribution in [0.3, 0.4) is 0 Å². The predicted octanol–water partition coefficient (Wildman–Crippen LogP) is 2.66. The zero-order chi connectivity index (χ0) is 13.3. The minimum absolute atomic E-state index is 0.310. The number of nitrogens with one attached hydrogen (secondary N) is 1. The normalized spacial score (nSPS) is 16.7. The molecule has 3 heteroatoms. The van der Waals surface area contributed by atoms with Crippen LogP contribution in [0.1, 0.15) is 53.9 Å². The summed E-state index contributed by atoms with van der Waals surface area (Å²) in [6.45, 7) is 13.3. The van der Waals surface area contributed by atoms with Gasteiger partial charge in [-0.2, -0.15) is 0 Å². The molecule has 1 amide bonds. The minimum atomic E-state index is 0.310.